The zero-order valence-electron chi connectivity index (χ0n) is 10.3. The van der Waals surface area contributed by atoms with Gasteiger partial charge in [0.2, 0.25) is 0 Å². The molecule has 2 N–H and O–H groups in total. The molecule has 0 aliphatic rings. The van der Waals surface area contributed by atoms with Crippen molar-refractivity contribution in [3.63, 3.8) is 0 Å². The quantitative estimate of drug-likeness (QED) is 0.777. The fourth-order valence-electron chi connectivity index (χ4n) is 1.44. The van der Waals surface area contributed by atoms with Gasteiger partial charge in [0, 0.05) is 23.5 Å². The third-order valence-electron chi connectivity index (χ3n) is 2.39. The first-order chi connectivity index (χ1) is 8.13. The molecule has 0 saturated carbocycles. The number of aliphatic hydroxyl groups excluding tert-OH is 2. The van der Waals surface area contributed by atoms with Crippen molar-refractivity contribution in [2.75, 3.05) is 20.2 Å². The fourth-order valence-corrected chi connectivity index (χ4v) is 2.35. The van der Waals surface area contributed by atoms with Crippen LogP contribution in [0.25, 0.3) is 0 Å². The first-order valence-electron chi connectivity index (χ1n) is 5.66. The van der Waals surface area contributed by atoms with Gasteiger partial charge in [-0.25, -0.2) is 0 Å². The Balaban J connectivity index is 2.53. The molecule has 0 fully saturated rings. The molecule has 0 bridgehead atoms. The normalized spacial score (nSPS) is 12.3. The molecule has 0 amide bonds. The number of thiophene rings is 1. The highest BCUT2D eigenvalue weighted by Crippen LogP contribution is 2.17. The fraction of sp³-hybridized carbons (Fsp3) is 0.538. The molecule has 17 heavy (non-hydrogen) atoms. The van der Waals surface area contributed by atoms with E-state index in [2.05, 4.69) is 16.7 Å². The third kappa shape index (κ3) is 5.33. The van der Waals surface area contributed by atoms with Crippen LogP contribution in [0.2, 0.25) is 0 Å². The summed E-state index contributed by atoms with van der Waals surface area (Å²) < 4.78 is 0. The van der Waals surface area contributed by atoms with Gasteiger partial charge >= 0.3 is 0 Å². The molecule has 0 saturated heterocycles. The molecule has 3 nitrogen and oxygen atoms in total. The summed E-state index contributed by atoms with van der Waals surface area (Å²) in [6.07, 6.45) is 0.522. The van der Waals surface area contributed by atoms with Crippen LogP contribution in [0.3, 0.4) is 0 Å². The van der Waals surface area contributed by atoms with Gasteiger partial charge in [-0.15, -0.1) is 11.3 Å². The van der Waals surface area contributed by atoms with Crippen molar-refractivity contribution in [3.05, 3.63) is 21.9 Å². The Morgan fingerprint density at radius 1 is 1.53 bits per heavy atom. The lowest BCUT2D eigenvalue weighted by Gasteiger charge is -2.16. The smallest absolute Gasteiger partial charge is 0.104 e. The summed E-state index contributed by atoms with van der Waals surface area (Å²) in [5, 5.41) is 19.9. The minimum Gasteiger partial charge on any atom is -0.393 e. The molecule has 1 rings (SSSR count). The molecule has 0 aliphatic carbocycles. The number of nitrogens with zero attached hydrogens (tertiary/aromatic N) is 1. The number of hydrogen-bond acceptors (Lipinski definition) is 4. The van der Waals surface area contributed by atoms with Gasteiger partial charge in [0.1, 0.15) is 6.61 Å². The molecular formula is C13H19NO2S. The van der Waals surface area contributed by atoms with Gasteiger partial charge in [-0.2, -0.15) is 0 Å². The molecule has 0 aromatic carbocycles. The second kappa shape index (κ2) is 7.46. The van der Waals surface area contributed by atoms with Crippen LogP contribution in [-0.4, -0.2) is 41.4 Å². The van der Waals surface area contributed by atoms with Crippen LogP contribution < -0.4 is 0 Å². The molecule has 1 aromatic rings. The second-order valence-corrected chi connectivity index (χ2v) is 5.09. The standard InChI is InChI=1S/C13H19NO2S/c1-11(16)5-7-14(2)10-13-12(4-3-8-15)6-9-17-13/h6,9,11,15-16H,5,7-8,10H2,1-2H3. The lowest BCUT2D eigenvalue weighted by Crippen LogP contribution is -2.21. The molecular weight excluding hydrogens is 234 g/mol. The monoisotopic (exact) mass is 253 g/mol. The molecule has 1 atom stereocenters. The molecule has 0 spiro atoms. The van der Waals surface area contributed by atoms with E-state index in [-0.39, 0.29) is 12.7 Å². The van der Waals surface area contributed by atoms with Gasteiger partial charge in [-0.3, -0.25) is 0 Å². The van der Waals surface area contributed by atoms with Crippen LogP contribution in [0.4, 0.5) is 0 Å². The van der Waals surface area contributed by atoms with Crippen molar-refractivity contribution >= 4 is 11.3 Å². The predicted octanol–water partition coefficient (Wildman–Crippen LogP) is 1.29. The first kappa shape index (κ1) is 14.2. The SMILES string of the molecule is CC(O)CCN(C)Cc1sccc1C#CCO. The van der Waals surface area contributed by atoms with E-state index < -0.39 is 0 Å². The van der Waals surface area contributed by atoms with Gasteiger partial charge in [-0.1, -0.05) is 11.8 Å². The second-order valence-electron chi connectivity index (χ2n) is 4.09. The Morgan fingerprint density at radius 2 is 2.29 bits per heavy atom. The van der Waals surface area contributed by atoms with Crippen molar-refractivity contribution in [1.29, 1.82) is 0 Å². The maximum absolute atomic E-state index is 9.22. The molecule has 0 radical (unpaired) electrons. The van der Waals surface area contributed by atoms with Crippen molar-refractivity contribution < 1.29 is 10.2 Å². The van der Waals surface area contributed by atoms with Crippen LogP contribution in [0.15, 0.2) is 11.4 Å². The van der Waals surface area contributed by atoms with Crippen LogP contribution >= 0.6 is 11.3 Å². The highest BCUT2D eigenvalue weighted by atomic mass is 32.1. The molecule has 1 unspecified atom stereocenters. The Hall–Kier alpha value is -0.860. The van der Waals surface area contributed by atoms with Gasteiger partial charge in [-0.05, 0) is 31.8 Å². The number of aliphatic hydroxyl groups is 2. The van der Waals surface area contributed by atoms with Crippen molar-refractivity contribution in [2.24, 2.45) is 0 Å². The van der Waals surface area contributed by atoms with Crippen LogP contribution in [0.5, 0.6) is 0 Å². The molecule has 1 heterocycles. The van der Waals surface area contributed by atoms with Gasteiger partial charge in [0.15, 0.2) is 0 Å². The lowest BCUT2D eigenvalue weighted by atomic mass is 10.2. The minimum atomic E-state index is -0.255. The summed E-state index contributed by atoms with van der Waals surface area (Å²) >= 11 is 1.67. The molecule has 0 aliphatic heterocycles. The summed E-state index contributed by atoms with van der Waals surface area (Å²) in [5.74, 6) is 5.62. The zero-order chi connectivity index (χ0) is 12.7. The van der Waals surface area contributed by atoms with E-state index in [4.69, 9.17) is 5.11 Å². The highest BCUT2D eigenvalue weighted by Gasteiger charge is 2.06. The lowest BCUT2D eigenvalue weighted by molar-refractivity contribution is 0.163. The largest absolute Gasteiger partial charge is 0.393 e. The van der Waals surface area contributed by atoms with E-state index in [9.17, 15) is 5.11 Å². The average molecular weight is 253 g/mol. The maximum atomic E-state index is 9.22. The third-order valence-corrected chi connectivity index (χ3v) is 3.30. The number of hydrogen-bond donors (Lipinski definition) is 2. The summed E-state index contributed by atoms with van der Waals surface area (Å²) in [5.41, 5.74) is 0.993. The van der Waals surface area contributed by atoms with Gasteiger partial charge < -0.3 is 15.1 Å². The molecule has 94 valence electrons. The van der Waals surface area contributed by atoms with Crippen LogP contribution in [0, 0.1) is 11.8 Å². The van der Waals surface area contributed by atoms with E-state index in [1.165, 1.54) is 4.88 Å². The van der Waals surface area contributed by atoms with E-state index in [0.29, 0.717) is 0 Å². The van der Waals surface area contributed by atoms with E-state index in [0.717, 1.165) is 25.1 Å². The summed E-state index contributed by atoms with van der Waals surface area (Å²) in [7, 11) is 2.03. The van der Waals surface area contributed by atoms with Crippen LogP contribution in [-0.2, 0) is 6.54 Å². The van der Waals surface area contributed by atoms with E-state index in [1.54, 1.807) is 18.3 Å². The Bertz CT molecular complexity index is 390. The maximum Gasteiger partial charge on any atom is 0.104 e. The van der Waals surface area contributed by atoms with Crippen molar-refractivity contribution in [1.82, 2.24) is 4.90 Å². The molecule has 4 heteroatoms. The highest BCUT2D eigenvalue weighted by molar-refractivity contribution is 7.10. The Morgan fingerprint density at radius 3 is 2.94 bits per heavy atom. The van der Waals surface area contributed by atoms with Gasteiger partial charge in [0.25, 0.3) is 0 Å². The zero-order valence-corrected chi connectivity index (χ0v) is 11.1. The summed E-state index contributed by atoms with van der Waals surface area (Å²) in [6, 6.07) is 1.98. The van der Waals surface area contributed by atoms with Crippen LogP contribution in [0.1, 0.15) is 23.8 Å². The minimum absolute atomic E-state index is 0.104. The van der Waals surface area contributed by atoms with Gasteiger partial charge in [0.05, 0.1) is 6.10 Å². The number of rotatable bonds is 5. The van der Waals surface area contributed by atoms with Crippen molar-refractivity contribution in [2.45, 2.75) is 26.0 Å². The van der Waals surface area contributed by atoms with E-state index >= 15 is 0 Å². The summed E-state index contributed by atoms with van der Waals surface area (Å²) in [6.45, 7) is 3.40. The Labute approximate surface area is 107 Å². The summed E-state index contributed by atoms with van der Waals surface area (Å²) in [4.78, 5) is 3.38. The van der Waals surface area contributed by atoms with Crippen molar-refractivity contribution in [3.8, 4) is 11.8 Å². The van der Waals surface area contributed by atoms with E-state index in [1.807, 2.05) is 18.5 Å². The first-order valence-corrected chi connectivity index (χ1v) is 6.54. The Kier molecular flexibility index (Phi) is 6.23. The molecule has 1 aromatic heterocycles. The average Bonchev–Trinajstić information content (AvgIpc) is 2.71. The topological polar surface area (TPSA) is 43.7 Å². The predicted molar refractivity (Wildman–Crippen MR) is 70.9 cm³/mol.